The summed E-state index contributed by atoms with van der Waals surface area (Å²) in [7, 11) is 1.75. The van der Waals surface area contributed by atoms with Crippen molar-refractivity contribution in [1.29, 1.82) is 0 Å². The zero-order valence-electron chi connectivity index (χ0n) is 15.8. The van der Waals surface area contributed by atoms with Crippen molar-refractivity contribution in [2.75, 3.05) is 11.9 Å². The van der Waals surface area contributed by atoms with Gasteiger partial charge in [0.1, 0.15) is 5.15 Å². The fraction of sp³-hybridized carbons (Fsp3) is 0.250. The maximum Gasteiger partial charge on any atom is 0.248 e. The topological polar surface area (TPSA) is 74.0 Å². The van der Waals surface area contributed by atoms with E-state index < -0.39 is 0 Å². The van der Waals surface area contributed by atoms with E-state index in [1.807, 2.05) is 37.3 Å². The Balaban J connectivity index is 1.46. The third-order valence-electron chi connectivity index (χ3n) is 4.07. The van der Waals surface area contributed by atoms with Crippen molar-refractivity contribution in [2.24, 2.45) is 7.05 Å². The van der Waals surface area contributed by atoms with Gasteiger partial charge in [0, 0.05) is 24.9 Å². The van der Waals surface area contributed by atoms with Crippen LogP contribution in [0.1, 0.15) is 16.8 Å². The number of amides is 1. The highest BCUT2D eigenvalue weighted by Crippen LogP contribution is 2.20. The summed E-state index contributed by atoms with van der Waals surface area (Å²) in [6.45, 7) is 3.53. The van der Waals surface area contributed by atoms with Gasteiger partial charge in [0.2, 0.25) is 5.91 Å². The van der Waals surface area contributed by atoms with Crippen LogP contribution in [-0.2, 0) is 29.7 Å². The molecule has 0 saturated heterocycles. The Morgan fingerprint density at radius 3 is 2.82 bits per heavy atom. The molecule has 2 heterocycles. The van der Waals surface area contributed by atoms with Crippen molar-refractivity contribution < 1.29 is 9.53 Å². The Hall–Kier alpha value is -2.90. The molecular formula is C20H22ClN5O2. The maximum absolute atomic E-state index is 12.1. The van der Waals surface area contributed by atoms with Crippen LogP contribution >= 0.6 is 11.6 Å². The Morgan fingerprint density at radius 1 is 1.32 bits per heavy atom. The van der Waals surface area contributed by atoms with Gasteiger partial charge in [-0.15, -0.1) is 0 Å². The quantitative estimate of drug-likeness (QED) is 0.465. The SMILES string of the molecule is Cc1nn(C)c(Cl)c1/C=C/C(=O)Nc1cnn(CCOCc2ccccc2)c1. The molecule has 1 aromatic carbocycles. The fourth-order valence-electron chi connectivity index (χ4n) is 2.65. The Bertz CT molecular complexity index is 962. The first-order valence-corrected chi connectivity index (χ1v) is 9.23. The van der Waals surface area contributed by atoms with Gasteiger partial charge in [-0.3, -0.25) is 14.2 Å². The van der Waals surface area contributed by atoms with Crippen molar-refractivity contribution >= 4 is 29.3 Å². The summed E-state index contributed by atoms with van der Waals surface area (Å²) in [5, 5.41) is 11.7. The average Bonchev–Trinajstić information content (AvgIpc) is 3.22. The molecule has 0 aliphatic carbocycles. The zero-order valence-corrected chi connectivity index (χ0v) is 16.6. The lowest BCUT2D eigenvalue weighted by Crippen LogP contribution is -2.08. The summed E-state index contributed by atoms with van der Waals surface area (Å²) >= 11 is 6.15. The highest BCUT2D eigenvalue weighted by atomic mass is 35.5. The summed E-state index contributed by atoms with van der Waals surface area (Å²) < 4.78 is 8.94. The highest BCUT2D eigenvalue weighted by Gasteiger charge is 2.09. The number of hydrogen-bond acceptors (Lipinski definition) is 4. The molecular weight excluding hydrogens is 378 g/mol. The minimum atomic E-state index is -0.265. The van der Waals surface area contributed by atoms with Gasteiger partial charge in [-0.2, -0.15) is 10.2 Å². The summed E-state index contributed by atoms with van der Waals surface area (Å²) in [6, 6.07) is 9.99. The van der Waals surface area contributed by atoms with E-state index in [1.165, 1.54) is 6.08 Å². The van der Waals surface area contributed by atoms with Crippen molar-refractivity contribution in [2.45, 2.75) is 20.1 Å². The molecule has 0 aliphatic rings. The molecule has 3 rings (SSSR count). The lowest BCUT2D eigenvalue weighted by Gasteiger charge is -2.04. The van der Waals surface area contributed by atoms with Crippen molar-refractivity contribution in [3.63, 3.8) is 0 Å². The smallest absolute Gasteiger partial charge is 0.248 e. The van der Waals surface area contributed by atoms with E-state index in [4.69, 9.17) is 16.3 Å². The van der Waals surface area contributed by atoms with Gasteiger partial charge in [0.05, 0.1) is 37.3 Å². The molecule has 0 saturated carbocycles. The molecule has 0 atom stereocenters. The number of halogens is 1. The van der Waals surface area contributed by atoms with Crippen LogP contribution in [0.4, 0.5) is 5.69 Å². The van der Waals surface area contributed by atoms with Crippen LogP contribution in [0, 0.1) is 6.92 Å². The van der Waals surface area contributed by atoms with Crippen molar-refractivity contribution in [3.05, 3.63) is 70.8 Å². The van der Waals surface area contributed by atoms with E-state index in [2.05, 4.69) is 15.5 Å². The lowest BCUT2D eigenvalue weighted by atomic mass is 10.2. The number of rotatable bonds is 8. The van der Waals surface area contributed by atoms with Crippen LogP contribution in [-0.4, -0.2) is 32.1 Å². The number of carbonyl (C=O) groups is 1. The number of hydrogen-bond donors (Lipinski definition) is 1. The third-order valence-corrected chi connectivity index (χ3v) is 4.52. The molecule has 1 amide bonds. The number of aryl methyl sites for hydroxylation is 2. The van der Waals surface area contributed by atoms with E-state index in [-0.39, 0.29) is 5.91 Å². The molecule has 0 fully saturated rings. The molecule has 3 aromatic rings. The Morgan fingerprint density at radius 2 is 2.11 bits per heavy atom. The molecule has 2 aromatic heterocycles. The Kier molecular flexibility index (Phi) is 6.62. The molecule has 28 heavy (non-hydrogen) atoms. The Labute approximate surface area is 168 Å². The van der Waals surface area contributed by atoms with Gasteiger partial charge in [-0.1, -0.05) is 41.9 Å². The molecule has 0 aliphatic heterocycles. The van der Waals surface area contributed by atoms with Gasteiger partial charge >= 0.3 is 0 Å². The number of carbonyl (C=O) groups excluding carboxylic acids is 1. The summed E-state index contributed by atoms with van der Waals surface area (Å²) in [6.07, 6.45) is 6.45. The van der Waals surface area contributed by atoms with Crippen molar-refractivity contribution in [3.8, 4) is 0 Å². The van der Waals surface area contributed by atoms with E-state index in [1.54, 1.807) is 34.9 Å². The molecule has 7 nitrogen and oxygen atoms in total. The zero-order chi connectivity index (χ0) is 19.9. The molecule has 146 valence electrons. The van der Waals surface area contributed by atoms with E-state index >= 15 is 0 Å². The standard InChI is InChI=1S/C20H22ClN5O2/c1-15-18(20(21)25(2)24-15)8-9-19(27)23-17-12-22-26(13-17)10-11-28-14-16-6-4-3-5-7-16/h3-9,12-13H,10-11,14H2,1-2H3,(H,23,27)/b9-8+. The van der Waals surface area contributed by atoms with Crippen LogP contribution in [0.3, 0.4) is 0 Å². The van der Waals surface area contributed by atoms with Crippen LogP contribution in [0.2, 0.25) is 5.15 Å². The summed E-state index contributed by atoms with van der Waals surface area (Å²) in [4.78, 5) is 12.1. The van der Waals surface area contributed by atoms with Crippen LogP contribution in [0.5, 0.6) is 0 Å². The van der Waals surface area contributed by atoms with Gasteiger partial charge in [-0.05, 0) is 18.6 Å². The van der Waals surface area contributed by atoms with E-state index in [9.17, 15) is 4.79 Å². The number of aromatic nitrogens is 4. The second-order valence-electron chi connectivity index (χ2n) is 6.27. The van der Waals surface area contributed by atoms with E-state index in [0.29, 0.717) is 30.6 Å². The fourth-order valence-corrected chi connectivity index (χ4v) is 2.89. The number of anilines is 1. The van der Waals surface area contributed by atoms with Gasteiger partial charge in [-0.25, -0.2) is 0 Å². The maximum atomic E-state index is 12.1. The molecule has 0 bridgehead atoms. The predicted octanol–water partition coefficient (Wildman–Crippen LogP) is 3.45. The largest absolute Gasteiger partial charge is 0.375 e. The monoisotopic (exact) mass is 399 g/mol. The van der Waals surface area contributed by atoms with Crippen LogP contribution in [0.25, 0.3) is 6.08 Å². The first-order valence-electron chi connectivity index (χ1n) is 8.85. The molecule has 8 heteroatoms. The predicted molar refractivity (Wildman–Crippen MR) is 109 cm³/mol. The van der Waals surface area contributed by atoms with Crippen LogP contribution in [0.15, 0.2) is 48.8 Å². The summed E-state index contributed by atoms with van der Waals surface area (Å²) in [5.41, 5.74) is 3.24. The van der Waals surface area contributed by atoms with Gasteiger partial charge < -0.3 is 10.1 Å². The minimum absolute atomic E-state index is 0.265. The second-order valence-corrected chi connectivity index (χ2v) is 6.62. The van der Waals surface area contributed by atoms with Crippen molar-refractivity contribution in [1.82, 2.24) is 19.6 Å². The number of nitrogens with one attached hydrogen (secondary N) is 1. The number of ether oxygens (including phenoxy) is 1. The second kappa shape index (κ2) is 9.34. The highest BCUT2D eigenvalue weighted by molar-refractivity contribution is 6.31. The number of nitrogens with zero attached hydrogens (tertiary/aromatic N) is 4. The molecule has 0 radical (unpaired) electrons. The minimum Gasteiger partial charge on any atom is -0.375 e. The van der Waals surface area contributed by atoms with Crippen LogP contribution < -0.4 is 5.32 Å². The first kappa shape index (κ1) is 19.9. The third kappa shape index (κ3) is 5.31. The lowest BCUT2D eigenvalue weighted by molar-refractivity contribution is -0.111. The summed E-state index contributed by atoms with van der Waals surface area (Å²) in [5.74, 6) is -0.265. The first-order chi connectivity index (χ1) is 13.5. The average molecular weight is 400 g/mol. The molecule has 0 spiro atoms. The normalized spacial score (nSPS) is 11.2. The molecule has 1 N–H and O–H groups in total. The van der Waals surface area contributed by atoms with Gasteiger partial charge in [0.25, 0.3) is 0 Å². The number of benzene rings is 1. The van der Waals surface area contributed by atoms with E-state index in [0.717, 1.165) is 16.8 Å². The van der Waals surface area contributed by atoms with Gasteiger partial charge in [0.15, 0.2) is 0 Å². The molecule has 0 unspecified atom stereocenters.